The molecule has 1 atom stereocenters. The highest BCUT2D eigenvalue weighted by molar-refractivity contribution is 5.94. The summed E-state index contributed by atoms with van der Waals surface area (Å²) >= 11 is 0. The Kier molecular flexibility index (Phi) is 8.63. The van der Waals surface area contributed by atoms with E-state index in [1.165, 1.54) is 18.2 Å². The number of rotatable bonds is 9. The first-order valence-electron chi connectivity index (χ1n) is 14.9. The van der Waals surface area contributed by atoms with E-state index in [1.807, 2.05) is 47.5 Å². The number of carbonyl (C=O) groups excluding carboxylic acids is 2. The first-order chi connectivity index (χ1) is 22.2. The lowest BCUT2D eigenvalue weighted by molar-refractivity contribution is -0.138. The van der Waals surface area contributed by atoms with Crippen molar-refractivity contribution in [1.29, 1.82) is 5.26 Å². The van der Waals surface area contributed by atoms with Crippen LogP contribution in [0.15, 0.2) is 85.2 Å². The standard InChI is InChI=1S/C35H31F3N6O2/c36-35(37,38)29-7-3-1-5-24(29)18-42-34(46)32(16-25-19-40-30-8-4-2-6-26(25)30)43-33(45)21-44-13-11-23(12-14-44)28-20-41-31-10-9-22(17-39)15-27(28)31/h1-11,15,19-20,32,40-41H,12-14,16,18,21H2,(H,42,46)(H,43,45)/t32-/m1/s1. The first kappa shape index (κ1) is 30.7. The zero-order valence-electron chi connectivity index (χ0n) is 24.7. The Balaban J connectivity index is 1.14. The minimum absolute atomic E-state index is 0.0464. The van der Waals surface area contributed by atoms with Crippen LogP contribution < -0.4 is 10.6 Å². The number of hydrogen-bond acceptors (Lipinski definition) is 4. The molecule has 46 heavy (non-hydrogen) atoms. The molecule has 0 bridgehead atoms. The number of nitrogens with one attached hydrogen (secondary N) is 4. The van der Waals surface area contributed by atoms with Crippen LogP contribution in [0.5, 0.6) is 0 Å². The van der Waals surface area contributed by atoms with Gasteiger partial charge in [-0.3, -0.25) is 14.5 Å². The zero-order valence-corrected chi connectivity index (χ0v) is 24.7. The van der Waals surface area contributed by atoms with Crippen molar-refractivity contribution in [3.63, 3.8) is 0 Å². The normalized spacial score (nSPS) is 14.5. The lowest BCUT2D eigenvalue weighted by Gasteiger charge is -2.27. The van der Waals surface area contributed by atoms with Crippen molar-refractivity contribution in [2.45, 2.75) is 31.6 Å². The smallest absolute Gasteiger partial charge is 0.361 e. The van der Waals surface area contributed by atoms with E-state index in [4.69, 9.17) is 0 Å². The first-order valence-corrected chi connectivity index (χ1v) is 14.9. The van der Waals surface area contributed by atoms with Crippen molar-refractivity contribution < 1.29 is 22.8 Å². The fraction of sp³-hybridized carbons (Fsp3) is 0.229. The molecule has 0 unspecified atom stereocenters. The average Bonchev–Trinajstić information content (AvgIpc) is 3.67. The van der Waals surface area contributed by atoms with Crippen LogP contribution in [0, 0.1) is 11.3 Å². The number of benzene rings is 3. The fourth-order valence-corrected chi connectivity index (χ4v) is 5.98. The summed E-state index contributed by atoms with van der Waals surface area (Å²) in [7, 11) is 0. The maximum atomic E-state index is 13.5. The van der Waals surface area contributed by atoms with Crippen LogP contribution >= 0.6 is 0 Å². The van der Waals surface area contributed by atoms with Crippen molar-refractivity contribution in [1.82, 2.24) is 25.5 Å². The van der Waals surface area contributed by atoms with E-state index in [2.05, 4.69) is 32.7 Å². The Labute approximate surface area is 262 Å². The predicted octanol–water partition coefficient (Wildman–Crippen LogP) is 5.67. The molecule has 2 amide bonds. The molecule has 0 spiro atoms. The summed E-state index contributed by atoms with van der Waals surface area (Å²) in [4.78, 5) is 35.1. The lowest BCUT2D eigenvalue weighted by atomic mass is 9.98. The molecule has 1 aliphatic heterocycles. The van der Waals surface area contributed by atoms with Gasteiger partial charge in [0.15, 0.2) is 0 Å². The Morgan fingerprint density at radius 1 is 0.957 bits per heavy atom. The number of para-hydroxylation sites is 1. The van der Waals surface area contributed by atoms with Crippen LogP contribution in [0.2, 0.25) is 0 Å². The second-order valence-corrected chi connectivity index (χ2v) is 11.3. The SMILES string of the molecule is N#Cc1ccc2[nH]cc(C3=CCN(CC(=O)N[C@H](Cc4c[nH]c5ccccc45)C(=O)NCc4ccccc4C(F)(F)F)CC3)c2c1. The molecule has 3 aromatic carbocycles. The molecule has 3 heterocycles. The number of halogens is 3. The van der Waals surface area contributed by atoms with Gasteiger partial charge in [-0.2, -0.15) is 18.4 Å². The van der Waals surface area contributed by atoms with Gasteiger partial charge >= 0.3 is 6.18 Å². The summed E-state index contributed by atoms with van der Waals surface area (Å²) in [6.45, 7) is 0.835. The number of amides is 2. The fourth-order valence-electron chi connectivity index (χ4n) is 5.98. The third-order valence-corrected chi connectivity index (χ3v) is 8.34. The number of aromatic amines is 2. The van der Waals surface area contributed by atoms with Crippen LogP contribution in [-0.2, 0) is 28.7 Å². The van der Waals surface area contributed by atoms with Crippen molar-refractivity contribution in [3.8, 4) is 6.07 Å². The van der Waals surface area contributed by atoms with Crippen molar-refractivity contribution in [2.75, 3.05) is 19.6 Å². The number of H-pyrrole nitrogens is 2. The summed E-state index contributed by atoms with van der Waals surface area (Å²) in [5, 5.41) is 16.6. The largest absolute Gasteiger partial charge is 0.416 e. The molecule has 11 heteroatoms. The summed E-state index contributed by atoms with van der Waals surface area (Å²) in [5.74, 6) is -0.939. The van der Waals surface area contributed by atoms with Crippen LogP contribution in [0.25, 0.3) is 27.4 Å². The van der Waals surface area contributed by atoms with E-state index >= 15 is 0 Å². The number of nitriles is 1. The summed E-state index contributed by atoms with van der Waals surface area (Å²) in [6.07, 6.45) is 2.05. The quantitative estimate of drug-likeness (QED) is 0.169. The van der Waals surface area contributed by atoms with Crippen LogP contribution in [0.4, 0.5) is 13.2 Å². The Bertz CT molecular complexity index is 1980. The van der Waals surface area contributed by atoms with E-state index in [-0.39, 0.29) is 31.0 Å². The molecule has 0 aliphatic carbocycles. The van der Waals surface area contributed by atoms with Crippen molar-refractivity contribution in [2.24, 2.45) is 0 Å². The molecular formula is C35H31F3N6O2. The molecule has 2 aromatic heterocycles. The number of hydrogen-bond donors (Lipinski definition) is 4. The Hall–Kier alpha value is -5.34. The molecule has 5 aromatic rings. The molecule has 0 fully saturated rings. The van der Waals surface area contributed by atoms with E-state index in [0.717, 1.165) is 44.6 Å². The Morgan fingerprint density at radius 2 is 1.72 bits per heavy atom. The molecule has 6 rings (SSSR count). The molecule has 0 saturated carbocycles. The summed E-state index contributed by atoms with van der Waals surface area (Å²) in [5.41, 5.74) is 4.47. The number of aromatic nitrogens is 2. The summed E-state index contributed by atoms with van der Waals surface area (Å²) < 4.78 is 40.6. The van der Waals surface area contributed by atoms with Crippen molar-refractivity contribution in [3.05, 3.63) is 113 Å². The predicted molar refractivity (Wildman–Crippen MR) is 169 cm³/mol. The van der Waals surface area contributed by atoms with Gasteiger partial charge in [0.25, 0.3) is 0 Å². The van der Waals surface area contributed by atoms with Gasteiger partial charge in [0.2, 0.25) is 11.8 Å². The van der Waals surface area contributed by atoms with Gasteiger partial charge in [0.05, 0.1) is 23.7 Å². The second-order valence-electron chi connectivity index (χ2n) is 11.3. The summed E-state index contributed by atoms with van der Waals surface area (Å²) in [6, 6.07) is 19.3. The number of nitrogens with zero attached hydrogens (tertiary/aromatic N) is 2. The lowest BCUT2D eigenvalue weighted by Crippen LogP contribution is -2.50. The molecule has 0 radical (unpaired) electrons. The van der Waals surface area contributed by atoms with E-state index in [9.17, 15) is 28.0 Å². The highest BCUT2D eigenvalue weighted by Gasteiger charge is 2.33. The van der Waals surface area contributed by atoms with Crippen molar-refractivity contribution >= 4 is 39.2 Å². The van der Waals surface area contributed by atoms with E-state index in [0.29, 0.717) is 25.1 Å². The monoisotopic (exact) mass is 624 g/mol. The minimum atomic E-state index is -4.56. The molecule has 0 saturated heterocycles. The van der Waals surface area contributed by atoms with Crippen LogP contribution in [0.1, 0.15) is 34.2 Å². The van der Waals surface area contributed by atoms with Crippen LogP contribution in [-0.4, -0.2) is 52.4 Å². The maximum Gasteiger partial charge on any atom is 0.416 e. The van der Waals surface area contributed by atoms with E-state index in [1.54, 1.807) is 12.3 Å². The number of fused-ring (bicyclic) bond motifs is 2. The second kappa shape index (κ2) is 12.9. The van der Waals surface area contributed by atoms with Gasteiger partial charge in [-0.15, -0.1) is 0 Å². The minimum Gasteiger partial charge on any atom is -0.361 e. The maximum absolute atomic E-state index is 13.5. The van der Waals surface area contributed by atoms with E-state index < -0.39 is 23.7 Å². The van der Waals surface area contributed by atoms with Gasteiger partial charge in [-0.1, -0.05) is 42.5 Å². The third kappa shape index (κ3) is 6.67. The topological polar surface area (TPSA) is 117 Å². The highest BCUT2D eigenvalue weighted by Crippen LogP contribution is 2.32. The number of carbonyl (C=O) groups is 2. The van der Waals surface area contributed by atoms with Gasteiger partial charge in [-0.25, -0.2) is 0 Å². The molecule has 1 aliphatic rings. The third-order valence-electron chi connectivity index (χ3n) is 8.34. The Morgan fingerprint density at radius 3 is 2.50 bits per heavy atom. The van der Waals surface area contributed by atoms with Crippen LogP contribution in [0.3, 0.4) is 0 Å². The zero-order chi connectivity index (χ0) is 32.3. The highest BCUT2D eigenvalue weighted by atomic mass is 19.4. The van der Waals surface area contributed by atoms with Gasteiger partial charge in [0.1, 0.15) is 6.04 Å². The van der Waals surface area contributed by atoms with Gasteiger partial charge in [0, 0.05) is 65.8 Å². The molecule has 8 nitrogen and oxygen atoms in total. The average molecular weight is 625 g/mol. The molecular weight excluding hydrogens is 593 g/mol. The molecule has 4 N–H and O–H groups in total. The number of alkyl halides is 3. The molecule has 234 valence electrons. The van der Waals surface area contributed by atoms with Gasteiger partial charge in [-0.05, 0) is 53.5 Å². The van der Waals surface area contributed by atoms with Gasteiger partial charge < -0.3 is 20.6 Å².